The Morgan fingerprint density at radius 3 is 2.68 bits per heavy atom. The summed E-state index contributed by atoms with van der Waals surface area (Å²) in [6.07, 6.45) is 4.31. The average Bonchev–Trinajstić information content (AvgIpc) is 3.41. The SMILES string of the molecule is CC(C)(O)[C@H](F)CNC(=O)c1cnc2sc(-c3ccccc3)nc2c1NC1CCCC1. The summed E-state index contributed by atoms with van der Waals surface area (Å²) in [4.78, 5) is 22.9. The van der Waals surface area contributed by atoms with E-state index < -0.39 is 17.7 Å². The number of hydrogen-bond acceptors (Lipinski definition) is 6. The van der Waals surface area contributed by atoms with Gasteiger partial charge in [0, 0.05) is 17.8 Å². The molecule has 0 saturated heterocycles. The Labute approximate surface area is 184 Å². The largest absolute Gasteiger partial charge is 0.387 e. The van der Waals surface area contributed by atoms with Gasteiger partial charge in [0.2, 0.25) is 0 Å². The maximum absolute atomic E-state index is 14.2. The molecule has 164 valence electrons. The van der Waals surface area contributed by atoms with Gasteiger partial charge in [-0.1, -0.05) is 54.5 Å². The summed E-state index contributed by atoms with van der Waals surface area (Å²) in [6, 6.07) is 10.1. The highest BCUT2D eigenvalue weighted by atomic mass is 32.1. The van der Waals surface area contributed by atoms with Crippen LogP contribution in [0, 0.1) is 0 Å². The number of aromatic nitrogens is 2. The molecule has 0 radical (unpaired) electrons. The van der Waals surface area contributed by atoms with Gasteiger partial charge in [-0.15, -0.1) is 0 Å². The number of fused-ring (bicyclic) bond motifs is 1. The minimum Gasteiger partial charge on any atom is -0.387 e. The summed E-state index contributed by atoms with van der Waals surface area (Å²) in [6.45, 7) is 2.48. The number of nitrogens with one attached hydrogen (secondary N) is 2. The number of nitrogens with zero attached hydrogens (tertiary/aromatic N) is 2. The Hall–Kier alpha value is -2.58. The smallest absolute Gasteiger partial charge is 0.255 e. The molecule has 1 aromatic carbocycles. The average molecular weight is 443 g/mol. The van der Waals surface area contributed by atoms with Crippen LogP contribution < -0.4 is 10.6 Å². The Balaban J connectivity index is 1.69. The number of amides is 1. The Morgan fingerprint density at radius 2 is 2.00 bits per heavy atom. The van der Waals surface area contributed by atoms with Gasteiger partial charge >= 0.3 is 0 Å². The third-order valence-electron chi connectivity index (χ3n) is 5.60. The molecule has 3 aromatic rings. The van der Waals surface area contributed by atoms with Gasteiger partial charge in [0.25, 0.3) is 5.91 Å². The van der Waals surface area contributed by atoms with Crippen molar-refractivity contribution in [3.05, 3.63) is 42.1 Å². The fraction of sp³-hybridized carbons (Fsp3) is 0.435. The van der Waals surface area contributed by atoms with Gasteiger partial charge in [0.1, 0.15) is 21.5 Å². The van der Waals surface area contributed by atoms with Crippen molar-refractivity contribution in [3.8, 4) is 10.6 Å². The minimum absolute atomic E-state index is 0.268. The molecule has 0 aliphatic heterocycles. The van der Waals surface area contributed by atoms with Gasteiger partial charge in [-0.3, -0.25) is 4.79 Å². The van der Waals surface area contributed by atoms with E-state index in [0.717, 1.165) is 41.1 Å². The molecule has 0 bridgehead atoms. The van der Waals surface area contributed by atoms with Crippen LogP contribution in [0.1, 0.15) is 49.9 Å². The van der Waals surface area contributed by atoms with E-state index in [-0.39, 0.29) is 12.6 Å². The normalized spacial score (nSPS) is 15.9. The molecule has 2 heterocycles. The lowest BCUT2D eigenvalue weighted by atomic mass is 10.0. The summed E-state index contributed by atoms with van der Waals surface area (Å²) in [5.41, 5.74) is 1.11. The van der Waals surface area contributed by atoms with Gasteiger partial charge < -0.3 is 15.7 Å². The highest BCUT2D eigenvalue weighted by Crippen LogP contribution is 2.35. The predicted molar refractivity (Wildman–Crippen MR) is 122 cm³/mol. The first-order valence-electron chi connectivity index (χ1n) is 10.6. The first-order valence-corrected chi connectivity index (χ1v) is 11.4. The van der Waals surface area contributed by atoms with Gasteiger partial charge in [0.15, 0.2) is 0 Å². The lowest BCUT2D eigenvalue weighted by Crippen LogP contribution is -2.42. The number of rotatable bonds is 7. The van der Waals surface area contributed by atoms with E-state index in [2.05, 4.69) is 15.6 Å². The van der Waals surface area contributed by atoms with E-state index in [1.807, 2.05) is 30.3 Å². The summed E-state index contributed by atoms with van der Waals surface area (Å²) in [7, 11) is 0. The van der Waals surface area contributed by atoms with Crippen LogP contribution >= 0.6 is 11.3 Å². The molecular formula is C23H27FN4O2S. The first-order chi connectivity index (χ1) is 14.8. The Bertz CT molecular complexity index is 1060. The number of thiazole rings is 1. The van der Waals surface area contributed by atoms with E-state index in [1.165, 1.54) is 31.4 Å². The molecule has 1 aliphatic rings. The molecule has 31 heavy (non-hydrogen) atoms. The molecule has 1 atom stereocenters. The number of hydrogen-bond donors (Lipinski definition) is 3. The van der Waals surface area contributed by atoms with Crippen molar-refractivity contribution >= 4 is 33.3 Å². The number of benzene rings is 1. The molecule has 8 heteroatoms. The number of anilines is 1. The lowest BCUT2D eigenvalue weighted by molar-refractivity contribution is -0.00177. The molecule has 3 N–H and O–H groups in total. The van der Waals surface area contributed by atoms with Crippen molar-refractivity contribution in [2.45, 2.75) is 57.3 Å². The number of carbonyl (C=O) groups excluding carboxylic acids is 1. The number of halogens is 1. The standard InChI is InChI=1S/C23H27FN4O2S/c1-23(2,30)17(24)13-25-20(29)16-12-26-22-19(18(16)27-15-10-6-7-11-15)28-21(31-22)14-8-4-3-5-9-14/h3-5,8-9,12,15,17,30H,6-7,10-11,13H2,1-2H3,(H,25,29)(H,26,27)/t17-/m1/s1. The van der Waals surface area contributed by atoms with Crippen molar-refractivity contribution < 1.29 is 14.3 Å². The van der Waals surface area contributed by atoms with Crippen LogP contribution in [0.25, 0.3) is 20.9 Å². The molecule has 6 nitrogen and oxygen atoms in total. The monoisotopic (exact) mass is 442 g/mol. The van der Waals surface area contributed by atoms with Crippen molar-refractivity contribution in [1.82, 2.24) is 15.3 Å². The summed E-state index contributed by atoms with van der Waals surface area (Å²) in [5, 5.41) is 16.8. The third-order valence-corrected chi connectivity index (χ3v) is 6.62. The molecule has 1 amide bonds. The number of aliphatic hydroxyl groups is 1. The zero-order valence-corrected chi connectivity index (χ0v) is 18.5. The predicted octanol–water partition coefficient (Wildman–Crippen LogP) is 4.55. The van der Waals surface area contributed by atoms with Crippen LogP contribution in [-0.4, -0.2) is 45.3 Å². The fourth-order valence-electron chi connectivity index (χ4n) is 3.70. The second kappa shape index (κ2) is 8.88. The second-order valence-electron chi connectivity index (χ2n) is 8.54. The molecule has 0 spiro atoms. The highest BCUT2D eigenvalue weighted by Gasteiger charge is 2.28. The van der Waals surface area contributed by atoms with Crippen molar-refractivity contribution in [1.29, 1.82) is 0 Å². The topological polar surface area (TPSA) is 87.1 Å². The zero-order valence-electron chi connectivity index (χ0n) is 17.7. The van der Waals surface area contributed by atoms with Crippen LogP contribution in [0.4, 0.5) is 10.1 Å². The molecule has 0 unspecified atom stereocenters. The number of pyridine rings is 1. The third kappa shape index (κ3) is 4.85. The first kappa shape index (κ1) is 21.6. The second-order valence-corrected chi connectivity index (χ2v) is 9.52. The quantitative estimate of drug-likeness (QED) is 0.500. The van der Waals surface area contributed by atoms with Gasteiger partial charge in [-0.05, 0) is 26.7 Å². The van der Waals surface area contributed by atoms with Crippen molar-refractivity contribution in [2.75, 3.05) is 11.9 Å². The van der Waals surface area contributed by atoms with E-state index in [1.54, 1.807) is 0 Å². The zero-order chi connectivity index (χ0) is 22.0. The van der Waals surface area contributed by atoms with Gasteiger partial charge in [-0.2, -0.15) is 0 Å². The number of alkyl halides is 1. The molecule has 4 rings (SSSR count). The molecule has 1 saturated carbocycles. The maximum Gasteiger partial charge on any atom is 0.255 e. The van der Waals surface area contributed by atoms with Crippen molar-refractivity contribution in [3.63, 3.8) is 0 Å². The van der Waals surface area contributed by atoms with Crippen LogP contribution in [-0.2, 0) is 0 Å². The summed E-state index contributed by atoms with van der Waals surface area (Å²) in [5.74, 6) is -0.434. The van der Waals surface area contributed by atoms with Gasteiger partial charge in [0.05, 0.1) is 23.4 Å². The van der Waals surface area contributed by atoms with Gasteiger partial charge in [-0.25, -0.2) is 14.4 Å². The highest BCUT2D eigenvalue weighted by molar-refractivity contribution is 7.21. The Kier molecular flexibility index (Phi) is 6.20. The minimum atomic E-state index is -1.58. The van der Waals surface area contributed by atoms with Crippen molar-refractivity contribution in [2.24, 2.45) is 0 Å². The summed E-state index contributed by atoms with van der Waals surface area (Å²) < 4.78 is 14.2. The fourth-order valence-corrected chi connectivity index (χ4v) is 4.63. The van der Waals surface area contributed by atoms with Crippen LogP contribution in [0.2, 0.25) is 0 Å². The van der Waals surface area contributed by atoms with E-state index >= 15 is 0 Å². The van der Waals surface area contributed by atoms with Crippen LogP contribution in [0.15, 0.2) is 36.5 Å². The van der Waals surface area contributed by atoms with E-state index in [9.17, 15) is 14.3 Å². The molecular weight excluding hydrogens is 415 g/mol. The molecule has 1 aliphatic carbocycles. The lowest BCUT2D eigenvalue weighted by Gasteiger charge is -2.23. The molecule has 1 fully saturated rings. The van der Waals surface area contributed by atoms with E-state index in [4.69, 9.17) is 4.98 Å². The van der Waals surface area contributed by atoms with Crippen LogP contribution in [0.5, 0.6) is 0 Å². The van der Waals surface area contributed by atoms with E-state index in [0.29, 0.717) is 16.8 Å². The van der Waals surface area contributed by atoms with Crippen LogP contribution in [0.3, 0.4) is 0 Å². The number of carbonyl (C=O) groups is 1. The maximum atomic E-state index is 14.2. The summed E-state index contributed by atoms with van der Waals surface area (Å²) >= 11 is 1.48. The molecule has 2 aromatic heterocycles. The Morgan fingerprint density at radius 1 is 1.29 bits per heavy atom.